The van der Waals surface area contributed by atoms with E-state index in [0.717, 1.165) is 31.2 Å². The largest absolute Gasteiger partial charge is 0.454 e. The first kappa shape index (κ1) is 16.5. The molecule has 5 rings (SSSR count). The minimum absolute atomic E-state index is 0.0627. The number of benzene rings is 1. The lowest BCUT2D eigenvalue weighted by molar-refractivity contribution is -0.147. The first-order chi connectivity index (χ1) is 12.5. The molecule has 26 heavy (non-hydrogen) atoms. The number of rotatable bonds is 2. The third-order valence-corrected chi connectivity index (χ3v) is 6.39. The predicted molar refractivity (Wildman–Crippen MR) is 93.7 cm³/mol. The van der Waals surface area contributed by atoms with Crippen LogP contribution in [0.25, 0.3) is 0 Å². The number of ether oxygens (including phenoxy) is 4. The van der Waals surface area contributed by atoms with Crippen molar-refractivity contribution in [3.05, 3.63) is 23.3 Å². The van der Waals surface area contributed by atoms with Gasteiger partial charge in [0, 0.05) is 17.5 Å². The summed E-state index contributed by atoms with van der Waals surface area (Å²) in [5.41, 5.74) is 1.65. The first-order valence-electron chi connectivity index (χ1n) is 9.41. The Hall–Kier alpha value is -1.63. The van der Waals surface area contributed by atoms with Crippen molar-refractivity contribution in [3.63, 3.8) is 0 Å². The summed E-state index contributed by atoms with van der Waals surface area (Å²) in [4.78, 5) is 14.3. The molecule has 6 nitrogen and oxygen atoms in total. The summed E-state index contributed by atoms with van der Waals surface area (Å²) < 4.78 is 23.6. The van der Waals surface area contributed by atoms with Gasteiger partial charge in [-0.3, -0.25) is 4.79 Å². The fourth-order valence-electron chi connectivity index (χ4n) is 5.44. The molecule has 0 radical (unpaired) electrons. The van der Waals surface area contributed by atoms with Gasteiger partial charge in [-0.15, -0.1) is 0 Å². The van der Waals surface area contributed by atoms with Crippen LogP contribution in [0.15, 0.2) is 12.1 Å². The number of likely N-dealkylation sites (tertiary alicyclic amines) is 1. The molecular formula is C20H25NO5. The summed E-state index contributed by atoms with van der Waals surface area (Å²) in [6.07, 6.45) is 3.09. The number of aldehydes is 1. The molecule has 3 aliphatic heterocycles. The van der Waals surface area contributed by atoms with E-state index < -0.39 is 5.79 Å². The van der Waals surface area contributed by atoms with Gasteiger partial charge < -0.3 is 23.8 Å². The Morgan fingerprint density at radius 1 is 1.19 bits per heavy atom. The zero-order valence-corrected chi connectivity index (χ0v) is 15.4. The summed E-state index contributed by atoms with van der Waals surface area (Å²) >= 11 is 0. The van der Waals surface area contributed by atoms with Gasteiger partial charge in [0.15, 0.2) is 17.3 Å². The molecule has 6 heteroatoms. The molecule has 1 aromatic carbocycles. The van der Waals surface area contributed by atoms with Crippen LogP contribution >= 0.6 is 0 Å². The number of fused-ring (bicyclic) bond motifs is 3. The highest BCUT2D eigenvalue weighted by atomic mass is 16.8. The Kier molecular flexibility index (Phi) is 3.61. The molecule has 1 saturated carbocycles. The van der Waals surface area contributed by atoms with Crippen LogP contribution in [0.3, 0.4) is 0 Å². The van der Waals surface area contributed by atoms with Crippen LogP contribution in [-0.4, -0.2) is 55.6 Å². The van der Waals surface area contributed by atoms with Crippen LogP contribution in [-0.2, 0) is 9.47 Å². The summed E-state index contributed by atoms with van der Waals surface area (Å²) in [5.74, 6) is 1.38. The van der Waals surface area contributed by atoms with E-state index in [1.165, 1.54) is 0 Å². The van der Waals surface area contributed by atoms with Gasteiger partial charge in [0.1, 0.15) is 6.29 Å². The van der Waals surface area contributed by atoms with E-state index in [1.807, 2.05) is 19.9 Å². The van der Waals surface area contributed by atoms with Gasteiger partial charge in [0.05, 0.1) is 12.2 Å². The second-order valence-corrected chi connectivity index (χ2v) is 8.37. The highest BCUT2D eigenvalue weighted by Crippen LogP contribution is 2.52. The van der Waals surface area contributed by atoms with E-state index in [4.69, 9.17) is 18.9 Å². The van der Waals surface area contributed by atoms with E-state index in [9.17, 15) is 4.79 Å². The fraction of sp³-hybridized carbons (Fsp3) is 0.650. The van der Waals surface area contributed by atoms with Crippen LogP contribution in [0, 0.1) is 5.92 Å². The molecule has 2 saturated heterocycles. The summed E-state index contributed by atoms with van der Waals surface area (Å²) in [5, 5.41) is 0. The number of hydrogen-bond donors (Lipinski definition) is 0. The molecule has 0 amide bonds. The Labute approximate surface area is 153 Å². The van der Waals surface area contributed by atoms with Crippen LogP contribution in [0.1, 0.15) is 48.5 Å². The van der Waals surface area contributed by atoms with Crippen LogP contribution in [0.4, 0.5) is 0 Å². The van der Waals surface area contributed by atoms with Crippen molar-refractivity contribution in [2.45, 2.75) is 56.6 Å². The molecule has 3 fully saturated rings. The van der Waals surface area contributed by atoms with Gasteiger partial charge in [-0.1, -0.05) is 0 Å². The molecule has 0 N–H and O–H groups in total. The average Bonchev–Trinajstić information content (AvgIpc) is 3.27. The van der Waals surface area contributed by atoms with Gasteiger partial charge >= 0.3 is 0 Å². The standard InChI is InChI=1S/C20H25NO5/c1-20(2)25-16-6-11-4-5-21(3)18(11)17(19(16)26-20)13-8-15-14(23-10-24-15)7-12(13)9-22/h7-9,11,16-19H,4-6,10H2,1-3H3/t11-,16+,17+,18-,19+/m1/s1. The second kappa shape index (κ2) is 5.68. The second-order valence-electron chi connectivity index (χ2n) is 8.37. The van der Waals surface area contributed by atoms with Crippen molar-refractivity contribution in [1.29, 1.82) is 0 Å². The van der Waals surface area contributed by atoms with Gasteiger partial charge in [0.25, 0.3) is 0 Å². The molecule has 3 heterocycles. The smallest absolute Gasteiger partial charge is 0.231 e. The topological polar surface area (TPSA) is 57.2 Å². The van der Waals surface area contributed by atoms with Crippen molar-refractivity contribution in [1.82, 2.24) is 4.90 Å². The Morgan fingerprint density at radius 3 is 2.73 bits per heavy atom. The van der Waals surface area contributed by atoms with E-state index in [0.29, 0.717) is 29.0 Å². The van der Waals surface area contributed by atoms with E-state index in [-0.39, 0.29) is 24.9 Å². The molecule has 0 unspecified atom stereocenters. The van der Waals surface area contributed by atoms with Crippen LogP contribution in [0.2, 0.25) is 0 Å². The number of nitrogens with zero attached hydrogens (tertiary/aromatic N) is 1. The van der Waals surface area contributed by atoms with E-state index in [2.05, 4.69) is 11.9 Å². The molecule has 140 valence electrons. The Balaban J connectivity index is 1.63. The van der Waals surface area contributed by atoms with Crippen LogP contribution in [0.5, 0.6) is 11.5 Å². The fourth-order valence-corrected chi connectivity index (χ4v) is 5.44. The van der Waals surface area contributed by atoms with Crippen molar-refractivity contribution < 1.29 is 23.7 Å². The molecule has 5 atom stereocenters. The minimum atomic E-state index is -0.595. The molecule has 0 aromatic heterocycles. The predicted octanol–water partition coefficient (Wildman–Crippen LogP) is 2.56. The maximum Gasteiger partial charge on any atom is 0.231 e. The average molecular weight is 359 g/mol. The molecular weight excluding hydrogens is 334 g/mol. The molecule has 0 spiro atoms. The number of hydrogen-bond acceptors (Lipinski definition) is 6. The van der Waals surface area contributed by atoms with Gasteiger partial charge in [-0.2, -0.15) is 0 Å². The summed E-state index contributed by atoms with van der Waals surface area (Å²) in [7, 11) is 2.17. The van der Waals surface area contributed by atoms with Crippen molar-refractivity contribution >= 4 is 6.29 Å². The third-order valence-electron chi connectivity index (χ3n) is 6.39. The van der Waals surface area contributed by atoms with Gasteiger partial charge in [0.2, 0.25) is 6.79 Å². The lowest BCUT2D eigenvalue weighted by Crippen LogP contribution is -2.49. The maximum absolute atomic E-state index is 11.9. The zero-order valence-electron chi connectivity index (χ0n) is 15.4. The molecule has 0 bridgehead atoms. The SMILES string of the molecule is CN1CC[C@@H]2C[C@@H]3OC(C)(C)O[C@@H]3[C@@H](c3cc4c(cc3C=O)OCO4)[C@@H]21. The van der Waals surface area contributed by atoms with Crippen molar-refractivity contribution in [2.75, 3.05) is 20.4 Å². The quantitative estimate of drug-likeness (QED) is 0.757. The maximum atomic E-state index is 11.9. The first-order valence-corrected chi connectivity index (χ1v) is 9.41. The highest BCUT2D eigenvalue weighted by Gasteiger charge is 2.56. The van der Waals surface area contributed by atoms with E-state index in [1.54, 1.807) is 6.07 Å². The van der Waals surface area contributed by atoms with E-state index >= 15 is 0 Å². The third kappa shape index (κ3) is 2.39. The lowest BCUT2D eigenvalue weighted by Gasteiger charge is -2.43. The van der Waals surface area contributed by atoms with Gasteiger partial charge in [-0.25, -0.2) is 0 Å². The van der Waals surface area contributed by atoms with Crippen molar-refractivity contribution in [3.8, 4) is 11.5 Å². The summed E-state index contributed by atoms with van der Waals surface area (Å²) in [6.45, 7) is 5.21. The molecule has 1 aliphatic carbocycles. The lowest BCUT2D eigenvalue weighted by atomic mass is 9.70. The summed E-state index contributed by atoms with van der Waals surface area (Å²) in [6, 6.07) is 4.13. The zero-order chi connectivity index (χ0) is 18.1. The Bertz CT molecular complexity index is 748. The minimum Gasteiger partial charge on any atom is -0.454 e. The Morgan fingerprint density at radius 2 is 1.96 bits per heavy atom. The highest BCUT2D eigenvalue weighted by molar-refractivity contribution is 5.80. The number of likely N-dealkylation sites (N-methyl/N-ethyl adjacent to an activating group) is 1. The molecule has 1 aromatic rings. The molecule has 4 aliphatic rings. The monoisotopic (exact) mass is 359 g/mol. The van der Waals surface area contributed by atoms with Crippen molar-refractivity contribution in [2.24, 2.45) is 5.92 Å². The number of carbonyl (C=O) groups is 1. The van der Waals surface area contributed by atoms with Crippen LogP contribution < -0.4 is 9.47 Å². The van der Waals surface area contributed by atoms with Gasteiger partial charge in [-0.05, 0) is 63.9 Å². The normalized spacial score (nSPS) is 37.4. The number of carbonyl (C=O) groups excluding carboxylic acids is 1.